The first-order valence-corrected chi connectivity index (χ1v) is 7.28. The Hall–Kier alpha value is -0.240. The second-order valence-electron chi connectivity index (χ2n) is 6.09. The van der Waals surface area contributed by atoms with Crippen LogP contribution in [0.25, 0.3) is 0 Å². The van der Waals surface area contributed by atoms with Crippen molar-refractivity contribution in [2.24, 2.45) is 11.3 Å². The Kier molecular flexibility index (Phi) is 4.25. The van der Waals surface area contributed by atoms with E-state index in [4.69, 9.17) is 23.2 Å². The molecule has 1 aliphatic rings. The summed E-state index contributed by atoms with van der Waals surface area (Å²) in [4.78, 5) is 0. The van der Waals surface area contributed by atoms with Crippen molar-refractivity contribution in [1.82, 2.24) is 0 Å². The van der Waals surface area contributed by atoms with Crippen LogP contribution in [0.2, 0.25) is 10.0 Å². The quantitative estimate of drug-likeness (QED) is 0.788. The molecule has 1 aromatic carbocycles. The third-order valence-electron chi connectivity index (χ3n) is 4.13. The fourth-order valence-electron chi connectivity index (χ4n) is 2.74. The molecule has 1 saturated carbocycles. The van der Waals surface area contributed by atoms with Gasteiger partial charge in [-0.25, -0.2) is 0 Å². The maximum Gasteiger partial charge on any atom is 0.0833 e. The molecule has 0 radical (unpaired) electrons. The average Bonchev–Trinajstić information content (AvgIpc) is 2.32. The summed E-state index contributed by atoms with van der Waals surface area (Å²) >= 11 is 12.2. The maximum atomic E-state index is 10.5. The topological polar surface area (TPSA) is 20.2 Å². The van der Waals surface area contributed by atoms with Crippen molar-refractivity contribution in [3.63, 3.8) is 0 Å². The van der Waals surface area contributed by atoms with Gasteiger partial charge in [-0.1, -0.05) is 49.2 Å². The highest BCUT2D eigenvalue weighted by Crippen LogP contribution is 2.44. The summed E-state index contributed by atoms with van der Waals surface area (Å²) in [6.45, 7) is 4.59. The summed E-state index contributed by atoms with van der Waals surface area (Å²) in [5.74, 6) is 0.300. The molecule has 1 atom stereocenters. The van der Waals surface area contributed by atoms with E-state index >= 15 is 0 Å². The predicted molar refractivity (Wildman–Crippen MR) is 77.2 cm³/mol. The van der Waals surface area contributed by atoms with Crippen LogP contribution in [0, 0.1) is 11.3 Å². The van der Waals surface area contributed by atoms with Gasteiger partial charge in [0, 0.05) is 5.56 Å². The van der Waals surface area contributed by atoms with E-state index < -0.39 is 6.10 Å². The molecule has 1 N–H and O–H groups in total. The summed E-state index contributed by atoms with van der Waals surface area (Å²) in [5.41, 5.74) is 1.18. The van der Waals surface area contributed by atoms with Gasteiger partial charge < -0.3 is 5.11 Å². The SMILES string of the molecule is CC1(C)CCC(C(O)c2cccc(Cl)c2Cl)CC1. The average molecular weight is 287 g/mol. The molecule has 1 unspecified atom stereocenters. The van der Waals surface area contributed by atoms with E-state index in [0.717, 1.165) is 31.2 Å². The first kappa shape index (κ1) is 14.2. The highest BCUT2D eigenvalue weighted by molar-refractivity contribution is 6.42. The van der Waals surface area contributed by atoms with Crippen molar-refractivity contribution in [3.8, 4) is 0 Å². The summed E-state index contributed by atoms with van der Waals surface area (Å²) in [6, 6.07) is 5.47. The first-order chi connectivity index (χ1) is 8.41. The molecule has 0 bridgehead atoms. The van der Waals surface area contributed by atoms with Crippen molar-refractivity contribution in [1.29, 1.82) is 0 Å². The second kappa shape index (κ2) is 5.40. The normalized spacial score (nSPS) is 21.8. The molecule has 1 fully saturated rings. The van der Waals surface area contributed by atoms with E-state index in [1.807, 2.05) is 12.1 Å². The van der Waals surface area contributed by atoms with Gasteiger partial charge in [-0.2, -0.15) is 0 Å². The minimum atomic E-state index is -0.493. The van der Waals surface area contributed by atoms with Crippen LogP contribution in [-0.4, -0.2) is 5.11 Å². The standard InChI is InChI=1S/C15H20Cl2O/c1-15(2)8-6-10(7-9-15)14(18)11-4-3-5-12(16)13(11)17/h3-5,10,14,18H,6-9H2,1-2H3. The minimum Gasteiger partial charge on any atom is -0.388 e. The van der Waals surface area contributed by atoms with Crippen LogP contribution in [0.15, 0.2) is 18.2 Å². The third kappa shape index (κ3) is 3.01. The third-order valence-corrected chi connectivity index (χ3v) is 4.96. The van der Waals surface area contributed by atoms with Gasteiger partial charge in [-0.15, -0.1) is 0 Å². The van der Waals surface area contributed by atoms with Gasteiger partial charge in [-0.3, -0.25) is 0 Å². The van der Waals surface area contributed by atoms with Crippen LogP contribution in [-0.2, 0) is 0 Å². The van der Waals surface area contributed by atoms with E-state index in [9.17, 15) is 5.11 Å². The van der Waals surface area contributed by atoms with E-state index in [2.05, 4.69) is 13.8 Å². The molecule has 0 heterocycles. The molecule has 100 valence electrons. The number of aliphatic hydroxyl groups excluding tert-OH is 1. The van der Waals surface area contributed by atoms with Crippen molar-refractivity contribution in [2.75, 3.05) is 0 Å². The Morgan fingerprint density at radius 1 is 1.22 bits per heavy atom. The van der Waals surface area contributed by atoms with Crippen LogP contribution >= 0.6 is 23.2 Å². The number of hydrogen-bond acceptors (Lipinski definition) is 1. The molecule has 0 aliphatic heterocycles. The van der Waals surface area contributed by atoms with Gasteiger partial charge in [0.25, 0.3) is 0 Å². The van der Waals surface area contributed by atoms with E-state index in [-0.39, 0.29) is 0 Å². The van der Waals surface area contributed by atoms with Crippen LogP contribution in [0.3, 0.4) is 0 Å². The molecule has 3 heteroatoms. The summed E-state index contributed by atoms with van der Waals surface area (Å²) in [6.07, 6.45) is 3.93. The molecule has 2 rings (SSSR count). The van der Waals surface area contributed by atoms with Gasteiger partial charge in [0.1, 0.15) is 0 Å². The number of hydrogen-bond donors (Lipinski definition) is 1. The lowest BCUT2D eigenvalue weighted by Gasteiger charge is -2.36. The fraction of sp³-hybridized carbons (Fsp3) is 0.600. The van der Waals surface area contributed by atoms with Crippen LogP contribution in [0.4, 0.5) is 0 Å². The highest BCUT2D eigenvalue weighted by atomic mass is 35.5. The second-order valence-corrected chi connectivity index (χ2v) is 6.87. The molecule has 0 aromatic heterocycles. The summed E-state index contributed by atoms with van der Waals surface area (Å²) in [5, 5.41) is 11.5. The lowest BCUT2D eigenvalue weighted by atomic mass is 9.71. The monoisotopic (exact) mass is 286 g/mol. The fourth-order valence-corrected chi connectivity index (χ4v) is 3.16. The maximum absolute atomic E-state index is 10.5. The van der Waals surface area contributed by atoms with Crippen LogP contribution in [0.1, 0.15) is 51.2 Å². The molecule has 0 spiro atoms. The minimum absolute atomic E-state index is 0.300. The zero-order valence-corrected chi connectivity index (χ0v) is 12.4. The number of rotatable bonds is 2. The molecule has 0 saturated heterocycles. The predicted octanol–water partition coefficient (Wildman–Crippen LogP) is 5.24. The van der Waals surface area contributed by atoms with Crippen molar-refractivity contribution < 1.29 is 5.11 Å². The largest absolute Gasteiger partial charge is 0.388 e. The van der Waals surface area contributed by atoms with E-state index in [1.54, 1.807) is 6.07 Å². The van der Waals surface area contributed by atoms with Crippen molar-refractivity contribution >= 4 is 23.2 Å². The zero-order valence-electron chi connectivity index (χ0n) is 10.9. The van der Waals surface area contributed by atoms with E-state index in [1.165, 1.54) is 0 Å². The van der Waals surface area contributed by atoms with Gasteiger partial charge in [0.2, 0.25) is 0 Å². The van der Waals surface area contributed by atoms with E-state index in [0.29, 0.717) is 21.4 Å². The first-order valence-electron chi connectivity index (χ1n) is 6.53. The van der Waals surface area contributed by atoms with Gasteiger partial charge in [0.15, 0.2) is 0 Å². The Labute approximate surface area is 119 Å². The zero-order chi connectivity index (χ0) is 13.3. The Morgan fingerprint density at radius 3 is 2.44 bits per heavy atom. The highest BCUT2D eigenvalue weighted by Gasteiger charge is 2.32. The molecule has 1 aliphatic carbocycles. The number of benzene rings is 1. The lowest BCUT2D eigenvalue weighted by molar-refractivity contribution is 0.0568. The smallest absolute Gasteiger partial charge is 0.0833 e. The molecular weight excluding hydrogens is 267 g/mol. The molecule has 18 heavy (non-hydrogen) atoms. The van der Waals surface area contributed by atoms with Crippen molar-refractivity contribution in [2.45, 2.75) is 45.6 Å². The van der Waals surface area contributed by atoms with Gasteiger partial charge in [-0.05, 0) is 43.1 Å². The number of halogens is 2. The Balaban J connectivity index is 2.12. The Morgan fingerprint density at radius 2 is 1.83 bits per heavy atom. The molecular formula is C15H20Cl2O. The summed E-state index contributed by atoms with van der Waals surface area (Å²) < 4.78 is 0. The molecule has 1 aromatic rings. The summed E-state index contributed by atoms with van der Waals surface area (Å²) in [7, 11) is 0. The van der Waals surface area contributed by atoms with Crippen molar-refractivity contribution in [3.05, 3.63) is 33.8 Å². The van der Waals surface area contributed by atoms with Crippen LogP contribution in [0.5, 0.6) is 0 Å². The van der Waals surface area contributed by atoms with Crippen LogP contribution < -0.4 is 0 Å². The number of aliphatic hydroxyl groups is 1. The van der Waals surface area contributed by atoms with Gasteiger partial charge >= 0.3 is 0 Å². The lowest BCUT2D eigenvalue weighted by Crippen LogP contribution is -2.25. The Bertz CT molecular complexity index is 419. The molecule has 0 amide bonds. The molecule has 1 nitrogen and oxygen atoms in total. The van der Waals surface area contributed by atoms with Gasteiger partial charge in [0.05, 0.1) is 16.1 Å².